The zero-order valence-electron chi connectivity index (χ0n) is 9.17. The van der Waals surface area contributed by atoms with Crippen LogP contribution in [0.4, 0.5) is 5.69 Å². The zero-order chi connectivity index (χ0) is 12.3. The predicted octanol–water partition coefficient (Wildman–Crippen LogP) is 1.83. The second-order valence-corrected chi connectivity index (χ2v) is 4.12. The van der Waals surface area contributed by atoms with Gasteiger partial charge in [0.05, 0.1) is 11.4 Å². The predicted molar refractivity (Wildman–Crippen MR) is 65.3 cm³/mol. The maximum absolute atomic E-state index is 11.5. The quantitative estimate of drug-likeness (QED) is 0.846. The Morgan fingerprint density at radius 1 is 1.47 bits per heavy atom. The molecule has 0 radical (unpaired) electrons. The Bertz CT molecular complexity index is 510. The first-order valence-corrected chi connectivity index (χ1v) is 5.51. The molecule has 0 saturated heterocycles. The van der Waals surface area contributed by atoms with Crippen molar-refractivity contribution < 1.29 is 4.79 Å². The molecule has 0 bridgehead atoms. The summed E-state index contributed by atoms with van der Waals surface area (Å²) in [7, 11) is 0. The molecule has 1 aromatic heterocycles. The van der Waals surface area contributed by atoms with Crippen LogP contribution in [0.1, 0.15) is 6.92 Å². The van der Waals surface area contributed by atoms with Gasteiger partial charge in [-0.15, -0.1) is 11.6 Å². The van der Waals surface area contributed by atoms with Crippen molar-refractivity contribution in [2.75, 3.05) is 5.32 Å². The molecule has 1 amide bonds. The van der Waals surface area contributed by atoms with E-state index in [4.69, 9.17) is 11.6 Å². The summed E-state index contributed by atoms with van der Waals surface area (Å²) in [4.78, 5) is 15.4. The molecular formula is C11H11ClN4O. The minimum atomic E-state index is -0.584. The van der Waals surface area contributed by atoms with E-state index in [1.807, 2.05) is 18.2 Å². The topological polar surface area (TPSA) is 59.8 Å². The molecule has 0 aliphatic rings. The van der Waals surface area contributed by atoms with Crippen molar-refractivity contribution in [3.8, 4) is 5.69 Å². The third kappa shape index (κ3) is 2.62. The van der Waals surface area contributed by atoms with Crippen LogP contribution in [0.25, 0.3) is 5.69 Å². The van der Waals surface area contributed by atoms with Crippen molar-refractivity contribution in [2.24, 2.45) is 0 Å². The number of anilines is 1. The molecule has 0 fully saturated rings. The fourth-order valence-corrected chi connectivity index (χ4v) is 1.40. The van der Waals surface area contributed by atoms with Gasteiger partial charge in [-0.1, -0.05) is 12.1 Å². The van der Waals surface area contributed by atoms with Gasteiger partial charge in [-0.2, -0.15) is 5.10 Å². The standard InChI is InChI=1S/C11H11ClN4O/c1-8(12)11(17)15-9-4-2-3-5-10(9)16-7-13-6-14-16/h2-8H,1H3,(H,15,17). The molecule has 5 nitrogen and oxygen atoms in total. The number of aromatic nitrogens is 3. The van der Waals surface area contributed by atoms with Crippen molar-refractivity contribution in [1.82, 2.24) is 14.8 Å². The lowest BCUT2D eigenvalue weighted by Gasteiger charge is -2.11. The second-order valence-electron chi connectivity index (χ2n) is 3.46. The monoisotopic (exact) mass is 250 g/mol. The van der Waals surface area contributed by atoms with Gasteiger partial charge in [0, 0.05) is 0 Å². The molecule has 1 atom stereocenters. The van der Waals surface area contributed by atoms with Crippen LogP contribution in [0, 0.1) is 0 Å². The van der Waals surface area contributed by atoms with E-state index in [1.165, 1.54) is 6.33 Å². The average molecular weight is 251 g/mol. The average Bonchev–Trinajstić information content (AvgIpc) is 2.83. The minimum absolute atomic E-state index is 0.251. The molecule has 0 aliphatic heterocycles. The smallest absolute Gasteiger partial charge is 0.242 e. The van der Waals surface area contributed by atoms with Gasteiger partial charge >= 0.3 is 0 Å². The number of alkyl halides is 1. The van der Waals surface area contributed by atoms with Gasteiger partial charge in [-0.3, -0.25) is 4.79 Å². The number of carbonyl (C=O) groups is 1. The maximum Gasteiger partial charge on any atom is 0.242 e. The van der Waals surface area contributed by atoms with Crippen molar-refractivity contribution >= 4 is 23.2 Å². The van der Waals surface area contributed by atoms with E-state index in [2.05, 4.69) is 15.4 Å². The summed E-state index contributed by atoms with van der Waals surface area (Å²) in [5, 5.41) is 6.17. The highest BCUT2D eigenvalue weighted by atomic mass is 35.5. The number of para-hydroxylation sites is 2. The molecule has 0 saturated carbocycles. The summed E-state index contributed by atoms with van der Waals surface area (Å²) in [5.41, 5.74) is 1.39. The van der Waals surface area contributed by atoms with Crippen molar-refractivity contribution in [3.63, 3.8) is 0 Å². The van der Waals surface area contributed by atoms with E-state index in [-0.39, 0.29) is 5.91 Å². The summed E-state index contributed by atoms with van der Waals surface area (Å²) >= 11 is 5.71. The van der Waals surface area contributed by atoms with E-state index >= 15 is 0 Å². The molecular weight excluding hydrogens is 240 g/mol. The normalized spacial score (nSPS) is 12.1. The molecule has 2 aromatic rings. The van der Waals surface area contributed by atoms with Crippen molar-refractivity contribution in [2.45, 2.75) is 12.3 Å². The van der Waals surface area contributed by atoms with Gasteiger partial charge in [-0.05, 0) is 19.1 Å². The van der Waals surface area contributed by atoms with Gasteiger partial charge in [0.2, 0.25) is 5.91 Å². The number of hydrogen-bond donors (Lipinski definition) is 1. The molecule has 1 heterocycles. The number of nitrogens with zero attached hydrogens (tertiary/aromatic N) is 3. The number of nitrogens with one attached hydrogen (secondary N) is 1. The summed E-state index contributed by atoms with van der Waals surface area (Å²) in [6.07, 6.45) is 3.00. The SMILES string of the molecule is CC(Cl)C(=O)Nc1ccccc1-n1cncn1. The summed E-state index contributed by atoms with van der Waals surface area (Å²) in [6, 6.07) is 7.31. The number of rotatable bonds is 3. The molecule has 0 aliphatic carbocycles. The fourth-order valence-electron chi connectivity index (χ4n) is 1.34. The van der Waals surface area contributed by atoms with Crippen LogP contribution in [0.15, 0.2) is 36.9 Å². The van der Waals surface area contributed by atoms with Crippen LogP contribution >= 0.6 is 11.6 Å². The fraction of sp³-hybridized carbons (Fsp3) is 0.182. The van der Waals surface area contributed by atoms with E-state index in [9.17, 15) is 4.79 Å². The number of benzene rings is 1. The van der Waals surface area contributed by atoms with E-state index < -0.39 is 5.38 Å². The Morgan fingerprint density at radius 2 is 2.24 bits per heavy atom. The highest BCUT2D eigenvalue weighted by Crippen LogP contribution is 2.19. The molecule has 1 unspecified atom stereocenters. The molecule has 17 heavy (non-hydrogen) atoms. The van der Waals surface area contributed by atoms with Crippen LogP contribution in [0.3, 0.4) is 0 Å². The molecule has 2 rings (SSSR count). The molecule has 0 spiro atoms. The zero-order valence-corrected chi connectivity index (χ0v) is 9.93. The molecule has 88 valence electrons. The number of hydrogen-bond acceptors (Lipinski definition) is 3. The van der Waals surface area contributed by atoms with E-state index in [0.717, 1.165) is 5.69 Å². The Kier molecular flexibility index (Phi) is 3.39. The third-order valence-electron chi connectivity index (χ3n) is 2.19. The first-order valence-electron chi connectivity index (χ1n) is 5.07. The van der Waals surface area contributed by atoms with Gasteiger partial charge < -0.3 is 5.32 Å². The Labute approximate surface area is 103 Å². The Hall–Kier alpha value is -1.88. The van der Waals surface area contributed by atoms with E-state index in [0.29, 0.717) is 5.69 Å². The first kappa shape index (κ1) is 11.6. The second kappa shape index (κ2) is 4.97. The Morgan fingerprint density at radius 3 is 2.88 bits per heavy atom. The summed E-state index contributed by atoms with van der Waals surface area (Å²) in [5.74, 6) is -0.251. The van der Waals surface area contributed by atoms with Crippen LogP contribution < -0.4 is 5.32 Å². The van der Waals surface area contributed by atoms with Gasteiger partial charge in [-0.25, -0.2) is 9.67 Å². The van der Waals surface area contributed by atoms with Crippen molar-refractivity contribution in [3.05, 3.63) is 36.9 Å². The minimum Gasteiger partial charge on any atom is -0.323 e. The highest BCUT2D eigenvalue weighted by molar-refractivity contribution is 6.32. The summed E-state index contributed by atoms with van der Waals surface area (Å²) in [6.45, 7) is 1.62. The number of halogens is 1. The van der Waals surface area contributed by atoms with Crippen molar-refractivity contribution in [1.29, 1.82) is 0 Å². The lowest BCUT2D eigenvalue weighted by atomic mass is 10.2. The van der Waals surface area contributed by atoms with Gasteiger partial charge in [0.15, 0.2) is 0 Å². The summed E-state index contributed by atoms with van der Waals surface area (Å²) < 4.78 is 1.58. The maximum atomic E-state index is 11.5. The molecule has 1 aromatic carbocycles. The number of carbonyl (C=O) groups excluding carboxylic acids is 1. The van der Waals surface area contributed by atoms with Gasteiger partial charge in [0.1, 0.15) is 18.0 Å². The highest BCUT2D eigenvalue weighted by Gasteiger charge is 2.12. The Balaban J connectivity index is 2.32. The largest absolute Gasteiger partial charge is 0.323 e. The van der Waals surface area contributed by atoms with Crippen LogP contribution in [-0.4, -0.2) is 26.0 Å². The van der Waals surface area contributed by atoms with Crippen LogP contribution in [-0.2, 0) is 4.79 Å². The molecule has 6 heteroatoms. The third-order valence-corrected chi connectivity index (χ3v) is 2.39. The first-order chi connectivity index (χ1) is 8.18. The van der Waals surface area contributed by atoms with E-state index in [1.54, 1.807) is 24.0 Å². The van der Waals surface area contributed by atoms with Crippen LogP contribution in [0.2, 0.25) is 0 Å². The number of amides is 1. The lowest BCUT2D eigenvalue weighted by Crippen LogP contribution is -2.21. The lowest BCUT2D eigenvalue weighted by molar-refractivity contribution is -0.115. The molecule has 1 N–H and O–H groups in total. The van der Waals surface area contributed by atoms with Crippen LogP contribution in [0.5, 0.6) is 0 Å². The van der Waals surface area contributed by atoms with Gasteiger partial charge in [0.25, 0.3) is 0 Å².